The molecule has 19 heteroatoms. The SMILES string of the molecule is CCCCCCCCCCCCCCCCCCCCCC(=O)O[C@H](COC(=O)CCCCCCCCCCCCCCCC)COP(=O)(O)OC[C@@H](O)COP(=O)(O)OC[C@@H](COC(=O)CCCCCCCCC)OC(=O)CCCCCCCCCCCC. The Hall–Kier alpha value is -1.94. The molecule has 0 aromatic heterocycles. The van der Waals surface area contributed by atoms with Crippen LogP contribution in [0.3, 0.4) is 0 Å². The van der Waals surface area contributed by atoms with Gasteiger partial charge in [0.05, 0.1) is 26.4 Å². The Morgan fingerprint density at radius 1 is 0.267 bits per heavy atom. The van der Waals surface area contributed by atoms with Gasteiger partial charge in [-0.1, -0.05) is 323 Å². The number of rotatable bonds is 72. The average molecular weight is 1330 g/mol. The first-order valence-corrected chi connectivity index (χ1v) is 40.3. The van der Waals surface area contributed by atoms with Crippen LogP contribution in [0, 0.1) is 0 Å². The molecule has 0 saturated heterocycles. The zero-order valence-corrected chi connectivity index (χ0v) is 59.9. The summed E-state index contributed by atoms with van der Waals surface area (Å²) in [4.78, 5) is 72.4. The normalized spacial score (nSPS) is 14.0. The zero-order valence-electron chi connectivity index (χ0n) is 58.1. The fourth-order valence-electron chi connectivity index (χ4n) is 10.9. The van der Waals surface area contributed by atoms with Crippen molar-refractivity contribution >= 4 is 39.5 Å². The highest BCUT2D eigenvalue weighted by Gasteiger charge is 2.30. The summed E-state index contributed by atoms with van der Waals surface area (Å²) in [6, 6.07) is 0. The number of aliphatic hydroxyl groups excluding tert-OH is 1. The summed E-state index contributed by atoms with van der Waals surface area (Å²) in [7, 11) is -9.89. The van der Waals surface area contributed by atoms with Crippen molar-refractivity contribution in [2.45, 2.75) is 393 Å². The van der Waals surface area contributed by atoms with Crippen molar-refractivity contribution < 1.29 is 80.2 Å². The molecule has 0 aliphatic rings. The van der Waals surface area contributed by atoms with Gasteiger partial charge in [-0.25, -0.2) is 9.13 Å². The third-order valence-electron chi connectivity index (χ3n) is 16.6. The van der Waals surface area contributed by atoms with Gasteiger partial charge in [-0.3, -0.25) is 37.3 Å². The van der Waals surface area contributed by atoms with Gasteiger partial charge in [0.2, 0.25) is 0 Å². The highest BCUT2D eigenvalue weighted by Crippen LogP contribution is 2.45. The van der Waals surface area contributed by atoms with Crippen molar-refractivity contribution in [2.24, 2.45) is 0 Å². The molecule has 0 saturated carbocycles. The largest absolute Gasteiger partial charge is 0.472 e. The molecule has 0 aliphatic heterocycles. The molecule has 0 aromatic carbocycles. The van der Waals surface area contributed by atoms with Crippen molar-refractivity contribution in [3.63, 3.8) is 0 Å². The second-order valence-electron chi connectivity index (χ2n) is 25.6. The molecule has 0 fully saturated rings. The number of carbonyl (C=O) groups is 4. The molecule has 0 amide bonds. The lowest BCUT2D eigenvalue weighted by Crippen LogP contribution is -2.30. The van der Waals surface area contributed by atoms with Gasteiger partial charge in [-0.05, 0) is 25.7 Å². The van der Waals surface area contributed by atoms with Crippen molar-refractivity contribution in [1.82, 2.24) is 0 Å². The van der Waals surface area contributed by atoms with Gasteiger partial charge in [0.15, 0.2) is 12.2 Å². The molecule has 0 heterocycles. The van der Waals surface area contributed by atoms with E-state index in [0.29, 0.717) is 25.7 Å². The fourth-order valence-corrected chi connectivity index (χ4v) is 12.4. The second kappa shape index (κ2) is 65.7. The summed E-state index contributed by atoms with van der Waals surface area (Å²) in [6.45, 7) is 4.90. The van der Waals surface area contributed by atoms with Crippen LogP contribution in [0.25, 0.3) is 0 Å². The van der Waals surface area contributed by atoms with Gasteiger partial charge in [-0.2, -0.15) is 0 Å². The van der Waals surface area contributed by atoms with Crippen molar-refractivity contribution in [1.29, 1.82) is 0 Å². The van der Waals surface area contributed by atoms with Gasteiger partial charge < -0.3 is 33.8 Å². The first kappa shape index (κ1) is 88.1. The molecule has 2 unspecified atom stereocenters. The van der Waals surface area contributed by atoms with Crippen molar-refractivity contribution in [3.05, 3.63) is 0 Å². The number of aliphatic hydroxyl groups is 1. The monoisotopic (exact) mass is 1320 g/mol. The Morgan fingerprint density at radius 2 is 0.444 bits per heavy atom. The number of hydrogen-bond donors (Lipinski definition) is 3. The van der Waals surface area contributed by atoms with Gasteiger partial charge in [-0.15, -0.1) is 0 Å². The maximum Gasteiger partial charge on any atom is 0.472 e. The lowest BCUT2D eigenvalue weighted by atomic mass is 10.0. The Bertz CT molecular complexity index is 1720. The molecule has 0 radical (unpaired) electrons. The van der Waals surface area contributed by atoms with Crippen LogP contribution in [-0.4, -0.2) is 96.7 Å². The number of ether oxygens (including phenoxy) is 4. The molecule has 0 rings (SSSR count). The maximum absolute atomic E-state index is 13.0. The smallest absolute Gasteiger partial charge is 0.462 e. The van der Waals surface area contributed by atoms with Crippen LogP contribution in [0.5, 0.6) is 0 Å². The number of carbonyl (C=O) groups excluding carboxylic acids is 4. The Kier molecular flexibility index (Phi) is 64.3. The number of phosphoric ester groups is 2. The molecule has 0 spiro atoms. The minimum Gasteiger partial charge on any atom is -0.462 e. The third-order valence-corrected chi connectivity index (χ3v) is 18.5. The van der Waals surface area contributed by atoms with Crippen molar-refractivity contribution in [2.75, 3.05) is 39.6 Å². The summed E-state index contributed by atoms with van der Waals surface area (Å²) in [5.41, 5.74) is 0. The highest BCUT2D eigenvalue weighted by atomic mass is 31.2. The molecular weight excluding hydrogens is 1190 g/mol. The zero-order chi connectivity index (χ0) is 66.1. The fraction of sp³-hybridized carbons (Fsp3) is 0.944. The maximum atomic E-state index is 13.0. The van der Waals surface area contributed by atoms with E-state index in [1.807, 2.05) is 0 Å². The first-order valence-electron chi connectivity index (χ1n) is 37.3. The first-order chi connectivity index (χ1) is 43.7. The van der Waals surface area contributed by atoms with Crippen LogP contribution >= 0.6 is 15.6 Å². The van der Waals surface area contributed by atoms with E-state index in [4.69, 9.17) is 37.0 Å². The van der Waals surface area contributed by atoms with E-state index in [1.165, 1.54) is 193 Å². The second-order valence-corrected chi connectivity index (χ2v) is 28.5. The molecule has 534 valence electrons. The van der Waals surface area contributed by atoms with E-state index in [1.54, 1.807) is 0 Å². The average Bonchev–Trinajstić information content (AvgIpc) is 3.74. The lowest BCUT2D eigenvalue weighted by molar-refractivity contribution is -0.161. The van der Waals surface area contributed by atoms with Crippen LogP contribution < -0.4 is 0 Å². The standard InChI is InChI=1S/C71H138O17P2/c1-5-9-13-17-21-24-27-29-31-32-33-34-35-37-39-42-46-50-54-58-71(76)88-67(62-82-69(74)56-52-48-44-41-38-36-30-28-25-22-18-14-10-6-2)64-86-90(79,80)84-60-65(72)59-83-89(77,78)85-63-66(61-81-68(73)55-51-47-43-20-16-12-8-4)87-70(75)57-53-49-45-40-26-23-19-15-11-7-3/h65-67,72H,5-64H2,1-4H3,(H,77,78)(H,79,80)/t65-,66+,67+/m0/s1. The molecule has 3 N–H and O–H groups in total. The minimum absolute atomic E-state index is 0.107. The highest BCUT2D eigenvalue weighted by molar-refractivity contribution is 7.47. The lowest BCUT2D eigenvalue weighted by Gasteiger charge is -2.21. The van der Waals surface area contributed by atoms with Crippen LogP contribution in [0.4, 0.5) is 0 Å². The minimum atomic E-state index is -4.95. The van der Waals surface area contributed by atoms with Gasteiger partial charge >= 0.3 is 39.5 Å². The summed E-state index contributed by atoms with van der Waals surface area (Å²) in [5.74, 6) is -2.12. The van der Waals surface area contributed by atoms with Gasteiger partial charge in [0, 0.05) is 25.7 Å². The molecule has 90 heavy (non-hydrogen) atoms. The molecule has 17 nitrogen and oxygen atoms in total. The predicted molar refractivity (Wildman–Crippen MR) is 363 cm³/mol. The van der Waals surface area contributed by atoms with E-state index in [-0.39, 0.29) is 25.7 Å². The molecule has 0 aromatic rings. The van der Waals surface area contributed by atoms with Crippen molar-refractivity contribution in [3.8, 4) is 0 Å². The summed E-state index contributed by atoms with van der Waals surface area (Å²) >= 11 is 0. The number of unbranched alkanes of at least 4 members (excludes halogenated alkanes) is 46. The number of hydrogen-bond acceptors (Lipinski definition) is 15. The Morgan fingerprint density at radius 3 is 0.656 bits per heavy atom. The summed E-state index contributed by atoms with van der Waals surface area (Å²) in [5, 5.41) is 10.6. The van der Waals surface area contributed by atoms with E-state index in [9.17, 15) is 43.2 Å². The Balaban J connectivity index is 5.17. The topological polar surface area (TPSA) is 237 Å². The third kappa shape index (κ3) is 64.8. The molecular formula is C71H138O17P2. The van der Waals surface area contributed by atoms with Gasteiger partial charge in [0.25, 0.3) is 0 Å². The van der Waals surface area contributed by atoms with E-state index >= 15 is 0 Å². The van der Waals surface area contributed by atoms with Crippen LogP contribution in [-0.2, 0) is 65.4 Å². The molecule has 5 atom stereocenters. The van der Waals surface area contributed by atoms with Gasteiger partial charge in [0.1, 0.15) is 19.3 Å². The molecule has 0 aliphatic carbocycles. The van der Waals surface area contributed by atoms with Crippen LogP contribution in [0.1, 0.15) is 374 Å². The summed E-state index contributed by atoms with van der Waals surface area (Å²) in [6.07, 6.45) is 54.2. The van der Waals surface area contributed by atoms with E-state index in [2.05, 4.69) is 27.7 Å². The number of phosphoric acid groups is 2. The van der Waals surface area contributed by atoms with E-state index < -0.39 is 97.5 Å². The van der Waals surface area contributed by atoms with Crippen LogP contribution in [0.2, 0.25) is 0 Å². The van der Waals surface area contributed by atoms with E-state index in [0.717, 1.165) is 103 Å². The quantitative estimate of drug-likeness (QED) is 0.0222. The Labute approximate surface area is 549 Å². The van der Waals surface area contributed by atoms with Crippen LogP contribution in [0.15, 0.2) is 0 Å². The number of esters is 4. The summed E-state index contributed by atoms with van der Waals surface area (Å²) < 4.78 is 68.2. The molecule has 0 bridgehead atoms. The predicted octanol–water partition coefficient (Wildman–Crippen LogP) is 20.7.